The number of hydrogen-bond donors (Lipinski definition) is 0. The van der Waals surface area contributed by atoms with Crippen molar-refractivity contribution in [3.05, 3.63) is 71.0 Å². The molecule has 1 aliphatic carbocycles. The molecule has 1 atom stereocenters. The van der Waals surface area contributed by atoms with Gasteiger partial charge in [-0.05, 0) is 31.0 Å². The number of nitrogens with zero attached hydrogens (tertiary/aromatic N) is 2. The zero-order chi connectivity index (χ0) is 20.4. The maximum Gasteiger partial charge on any atom is 0.226 e. The molecule has 152 valence electrons. The summed E-state index contributed by atoms with van der Waals surface area (Å²) in [5, 5.41) is 4.04. The Labute approximate surface area is 167 Å². The summed E-state index contributed by atoms with van der Waals surface area (Å²) in [5.41, 5.74) is 1.50. The van der Waals surface area contributed by atoms with Gasteiger partial charge in [0, 0.05) is 36.1 Å². The van der Waals surface area contributed by atoms with Crippen molar-refractivity contribution in [3.8, 4) is 0 Å². The van der Waals surface area contributed by atoms with Gasteiger partial charge in [-0.2, -0.15) is 0 Å². The average Bonchev–Trinajstić information content (AvgIpc) is 3.10. The first-order valence-electron chi connectivity index (χ1n) is 9.71. The topological polar surface area (TPSA) is 41.9 Å². The van der Waals surface area contributed by atoms with E-state index in [0.717, 1.165) is 25.3 Å². The molecule has 1 aliphatic heterocycles. The van der Waals surface area contributed by atoms with Crippen LogP contribution in [-0.2, 0) is 16.2 Å². The van der Waals surface area contributed by atoms with Crippen molar-refractivity contribution in [2.45, 2.75) is 38.3 Å². The normalized spacial score (nSPS) is 18.7. The molecule has 2 aromatic carbocycles. The lowest BCUT2D eigenvalue weighted by molar-refractivity contribution is -0.140. The third-order valence-electron chi connectivity index (χ3n) is 5.46. The lowest BCUT2D eigenvalue weighted by atomic mass is 9.84. The van der Waals surface area contributed by atoms with Gasteiger partial charge in [0.15, 0.2) is 6.10 Å². The molecule has 0 aromatic heterocycles. The van der Waals surface area contributed by atoms with Gasteiger partial charge in [0.2, 0.25) is 5.91 Å². The highest BCUT2D eigenvalue weighted by Crippen LogP contribution is 2.30. The number of hydrogen-bond acceptors (Lipinski definition) is 3. The second kappa shape index (κ2) is 8.27. The van der Waals surface area contributed by atoms with Crippen LogP contribution in [0.3, 0.4) is 0 Å². The second-order valence-electron chi connectivity index (χ2n) is 7.56. The Morgan fingerprint density at radius 1 is 1.10 bits per heavy atom. The maximum absolute atomic E-state index is 14.1. The van der Waals surface area contributed by atoms with Crippen LogP contribution < -0.4 is 0 Å². The number of oxime groups is 1. The molecule has 1 heterocycles. The highest BCUT2D eigenvalue weighted by Gasteiger charge is 2.33. The number of benzene rings is 2. The fraction of sp³-hybridized carbons (Fsp3) is 0.364. The number of amides is 1. The molecule has 1 fully saturated rings. The minimum absolute atomic E-state index is 0.0383. The van der Waals surface area contributed by atoms with Crippen molar-refractivity contribution in [3.63, 3.8) is 0 Å². The molecule has 4 rings (SSSR count). The van der Waals surface area contributed by atoms with E-state index in [2.05, 4.69) is 5.16 Å². The quantitative estimate of drug-likeness (QED) is 0.718. The van der Waals surface area contributed by atoms with Crippen molar-refractivity contribution in [2.75, 3.05) is 6.54 Å². The molecule has 0 N–H and O–H groups in total. The van der Waals surface area contributed by atoms with Crippen LogP contribution >= 0.6 is 0 Å². The van der Waals surface area contributed by atoms with Gasteiger partial charge >= 0.3 is 0 Å². The van der Waals surface area contributed by atoms with Crippen molar-refractivity contribution >= 4 is 11.6 Å². The van der Waals surface area contributed by atoms with Crippen molar-refractivity contribution < 1.29 is 22.8 Å². The lowest BCUT2D eigenvalue weighted by Gasteiger charge is -2.32. The van der Waals surface area contributed by atoms with Gasteiger partial charge in [-0.25, -0.2) is 13.2 Å². The summed E-state index contributed by atoms with van der Waals surface area (Å²) in [6.07, 6.45) is 2.65. The first kappa shape index (κ1) is 19.5. The van der Waals surface area contributed by atoms with E-state index in [1.165, 1.54) is 24.3 Å². The molecule has 0 bridgehead atoms. The van der Waals surface area contributed by atoms with E-state index in [4.69, 9.17) is 4.84 Å². The molecule has 0 saturated heterocycles. The molecule has 1 saturated carbocycles. The number of carbonyl (C=O) groups excluding carboxylic acids is 1. The van der Waals surface area contributed by atoms with E-state index in [1.807, 2.05) is 0 Å². The number of rotatable bonds is 6. The van der Waals surface area contributed by atoms with Crippen LogP contribution in [0, 0.1) is 23.4 Å². The van der Waals surface area contributed by atoms with E-state index >= 15 is 0 Å². The Morgan fingerprint density at radius 2 is 1.90 bits per heavy atom. The Balaban J connectivity index is 1.46. The van der Waals surface area contributed by atoms with Gasteiger partial charge in [0.05, 0.1) is 12.3 Å². The monoisotopic (exact) mass is 402 g/mol. The predicted molar refractivity (Wildman–Crippen MR) is 102 cm³/mol. The molecule has 0 unspecified atom stereocenters. The van der Waals surface area contributed by atoms with Crippen LogP contribution in [0.5, 0.6) is 0 Å². The van der Waals surface area contributed by atoms with Gasteiger partial charge in [-0.3, -0.25) is 4.79 Å². The molecular weight excluding hydrogens is 381 g/mol. The van der Waals surface area contributed by atoms with Gasteiger partial charge in [0.25, 0.3) is 0 Å². The minimum Gasteiger partial charge on any atom is -0.390 e. The molecule has 29 heavy (non-hydrogen) atoms. The molecule has 2 aromatic rings. The van der Waals surface area contributed by atoms with Crippen LogP contribution in [0.4, 0.5) is 13.2 Å². The fourth-order valence-corrected chi connectivity index (χ4v) is 3.61. The predicted octanol–water partition coefficient (Wildman–Crippen LogP) is 4.43. The second-order valence-corrected chi connectivity index (χ2v) is 7.56. The summed E-state index contributed by atoms with van der Waals surface area (Å²) >= 11 is 0. The van der Waals surface area contributed by atoms with Gasteiger partial charge in [0.1, 0.15) is 17.5 Å². The standard InChI is InChI=1S/C22H21F3N2O2/c23-17-6-2-5-15(9-17)21-11-19(29-26-21)13-27(22(28)14-3-1-4-14)12-16-7-8-18(24)10-20(16)25/h2,5-10,14,19H,1,3-4,11-13H2/t19-/m0/s1. The maximum atomic E-state index is 14.1. The summed E-state index contributed by atoms with van der Waals surface area (Å²) in [5.74, 6) is -1.82. The first-order chi connectivity index (χ1) is 14.0. The lowest BCUT2D eigenvalue weighted by Crippen LogP contribution is -2.42. The molecule has 1 amide bonds. The Kier molecular flexibility index (Phi) is 5.56. The smallest absolute Gasteiger partial charge is 0.226 e. The largest absolute Gasteiger partial charge is 0.390 e. The van der Waals surface area contributed by atoms with E-state index in [1.54, 1.807) is 17.0 Å². The van der Waals surface area contributed by atoms with Crippen LogP contribution in [0.25, 0.3) is 0 Å². The Hall–Kier alpha value is -2.83. The fourth-order valence-electron chi connectivity index (χ4n) is 3.61. The summed E-state index contributed by atoms with van der Waals surface area (Å²) in [6.45, 7) is 0.269. The highest BCUT2D eigenvalue weighted by molar-refractivity contribution is 6.01. The summed E-state index contributed by atoms with van der Waals surface area (Å²) in [7, 11) is 0. The van der Waals surface area contributed by atoms with E-state index in [0.29, 0.717) is 17.7 Å². The Bertz CT molecular complexity index is 943. The van der Waals surface area contributed by atoms with E-state index < -0.39 is 17.7 Å². The van der Waals surface area contributed by atoms with Crippen LogP contribution in [0.15, 0.2) is 47.6 Å². The van der Waals surface area contributed by atoms with E-state index in [9.17, 15) is 18.0 Å². The zero-order valence-electron chi connectivity index (χ0n) is 15.8. The van der Waals surface area contributed by atoms with Gasteiger partial charge in [-0.15, -0.1) is 0 Å². The van der Waals surface area contributed by atoms with E-state index in [-0.39, 0.29) is 36.3 Å². The first-order valence-corrected chi connectivity index (χ1v) is 9.71. The zero-order valence-corrected chi connectivity index (χ0v) is 15.8. The molecular formula is C22H21F3N2O2. The van der Waals surface area contributed by atoms with Crippen molar-refractivity contribution in [2.24, 2.45) is 11.1 Å². The SMILES string of the molecule is O=C(C1CCC1)N(Cc1ccc(F)cc1F)C[C@@H]1CC(c2cccc(F)c2)=NO1. The third kappa shape index (κ3) is 4.44. The average molecular weight is 402 g/mol. The highest BCUT2D eigenvalue weighted by atomic mass is 19.1. The van der Waals surface area contributed by atoms with Gasteiger partial charge in [-0.1, -0.05) is 29.8 Å². The Morgan fingerprint density at radius 3 is 2.59 bits per heavy atom. The third-order valence-corrected chi connectivity index (χ3v) is 5.46. The van der Waals surface area contributed by atoms with Crippen molar-refractivity contribution in [1.82, 2.24) is 4.90 Å². The summed E-state index contributed by atoms with van der Waals surface area (Å²) in [4.78, 5) is 19.9. The molecule has 0 radical (unpaired) electrons. The van der Waals surface area contributed by atoms with Crippen molar-refractivity contribution in [1.29, 1.82) is 0 Å². The van der Waals surface area contributed by atoms with Crippen LogP contribution in [0.1, 0.15) is 36.8 Å². The molecule has 4 nitrogen and oxygen atoms in total. The summed E-state index contributed by atoms with van der Waals surface area (Å²) in [6, 6.07) is 9.45. The number of carbonyl (C=O) groups is 1. The molecule has 7 heteroatoms. The van der Waals surface area contributed by atoms with Gasteiger partial charge < -0.3 is 9.74 Å². The summed E-state index contributed by atoms with van der Waals surface area (Å²) < 4.78 is 40.8. The molecule has 0 spiro atoms. The van der Waals surface area contributed by atoms with Crippen LogP contribution in [0.2, 0.25) is 0 Å². The minimum atomic E-state index is -0.680. The molecule has 2 aliphatic rings. The number of halogens is 3. The van der Waals surface area contributed by atoms with Crippen LogP contribution in [-0.4, -0.2) is 29.2 Å².